The van der Waals surface area contributed by atoms with Crippen molar-refractivity contribution in [3.8, 4) is 11.5 Å². The molecule has 0 radical (unpaired) electrons. The molecular formula is C16H14BrIN2O3. The van der Waals surface area contributed by atoms with E-state index in [1.807, 2.05) is 42.5 Å². The predicted molar refractivity (Wildman–Crippen MR) is 101 cm³/mol. The smallest absolute Gasteiger partial charge is 0.277 e. The highest BCUT2D eigenvalue weighted by Gasteiger charge is 2.03. The Bertz CT molecular complexity index is 705. The predicted octanol–water partition coefficient (Wildman–Crippen LogP) is 3.59. The molecule has 0 bridgehead atoms. The molecule has 0 aliphatic carbocycles. The number of carbonyl (C=O) groups excluding carboxylic acids is 1. The monoisotopic (exact) mass is 488 g/mol. The van der Waals surface area contributed by atoms with Crippen molar-refractivity contribution >= 4 is 50.6 Å². The maximum atomic E-state index is 11.7. The third kappa shape index (κ3) is 5.83. The summed E-state index contributed by atoms with van der Waals surface area (Å²) in [7, 11) is 1.58. The van der Waals surface area contributed by atoms with Crippen LogP contribution in [0.4, 0.5) is 0 Å². The van der Waals surface area contributed by atoms with Crippen molar-refractivity contribution in [2.75, 3.05) is 13.7 Å². The molecule has 0 aliphatic rings. The summed E-state index contributed by atoms with van der Waals surface area (Å²) < 4.78 is 12.6. The van der Waals surface area contributed by atoms with Crippen molar-refractivity contribution < 1.29 is 14.3 Å². The van der Waals surface area contributed by atoms with Crippen LogP contribution in [0.3, 0.4) is 0 Å². The number of hydrazone groups is 1. The van der Waals surface area contributed by atoms with Gasteiger partial charge in [0.15, 0.2) is 6.61 Å². The van der Waals surface area contributed by atoms with Crippen molar-refractivity contribution in [3.05, 3.63) is 56.1 Å². The molecule has 5 nitrogen and oxygen atoms in total. The maximum absolute atomic E-state index is 11.7. The number of hydrogen-bond donors (Lipinski definition) is 1. The summed E-state index contributed by atoms with van der Waals surface area (Å²) in [5, 5.41) is 3.91. The summed E-state index contributed by atoms with van der Waals surface area (Å²) >= 11 is 5.58. The Morgan fingerprint density at radius 3 is 2.74 bits per heavy atom. The first-order chi connectivity index (χ1) is 11.1. The lowest BCUT2D eigenvalue weighted by Gasteiger charge is -2.06. The van der Waals surface area contributed by atoms with Crippen molar-refractivity contribution in [1.82, 2.24) is 5.43 Å². The minimum absolute atomic E-state index is 0.104. The number of nitrogens with zero attached hydrogens (tertiary/aromatic N) is 1. The van der Waals surface area contributed by atoms with Crippen LogP contribution in [-0.4, -0.2) is 25.8 Å². The third-order valence-corrected chi connectivity index (χ3v) is 3.98. The van der Waals surface area contributed by atoms with Gasteiger partial charge in [-0.25, -0.2) is 5.43 Å². The van der Waals surface area contributed by atoms with Crippen LogP contribution in [-0.2, 0) is 4.79 Å². The molecule has 120 valence electrons. The van der Waals surface area contributed by atoms with Crippen LogP contribution < -0.4 is 14.9 Å². The Balaban J connectivity index is 1.86. The van der Waals surface area contributed by atoms with E-state index in [4.69, 9.17) is 9.47 Å². The highest BCUT2D eigenvalue weighted by atomic mass is 127. The van der Waals surface area contributed by atoms with Gasteiger partial charge in [0.05, 0.1) is 13.3 Å². The molecule has 0 aliphatic heterocycles. The zero-order chi connectivity index (χ0) is 16.7. The van der Waals surface area contributed by atoms with E-state index in [0.717, 1.165) is 13.6 Å². The first kappa shape index (κ1) is 17.7. The first-order valence-electron chi connectivity index (χ1n) is 6.62. The van der Waals surface area contributed by atoms with Crippen LogP contribution in [0.5, 0.6) is 11.5 Å². The molecule has 0 saturated heterocycles. The summed E-state index contributed by atoms with van der Waals surface area (Å²) in [5.74, 6) is 0.966. The molecule has 0 aromatic heterocycles. The van der Waals surface area contributed by atoms with Crippen molar-refractivity contribution in [3.63, 3.8) is 0 Å². The van der Waals surface area contributed by atoms with E-state index in [-0.39, 0.29) is 12.5 Å². The van der Waals surface area contributed by atoms with Crippen LogP contribution in [0.1, 0.15) is 5.56 Å². The van der Waals surface area contributed by atoms with Gasteiger partial charge in [0, 0.05) is 13.6 Å². The van der Waals surface area contributed by atoms with Crippen LogP contribution in [0.25, 0.3) is 0 Å². The zero-order valence-corrected chi connectivity index (χ0v) is 16.0. The number of ether oxygens (including phenoxy) is 2. The minimum atomic E-state index is -0.339. The molecule has 2 aromatic rings. The van der Waals surface area contributed by atoms with E-state index in [0.29, 0.717) is 11.5 Å². The Labute approximate surface area is 156 Å². The van der Waals surface area contributed by atoms with Gasteiger partial charge in [-0.3, -0.25) is 4.79 Å². The second-order valence-electron chi connectivity index (χ2n) is 4.42. The molecule has 2 rings (SSSR count). The van der Waals surface area contributed by atoms with E-state index in [2.05, 4.69) is 49.0 Å². The lowest BCUT2D eigenvalue weighted by molar-refractivity contribution is -0.123. The minimum Gasteiger partial charge on any atom is -0.496 e. The van der Waals surface area contributed by atoms with Crippen molar-refractivity contribution in [2.45, 2.75) is 0 Å². The molecule has 0 fully saturated rings. The largest absolute Gasteiger partial charge is 0.496 e. The molecule has 7 heteroatoms. The zero-order valence-electron chi connectivity index (χ0n) is 12.3. The molecule has 23 heavy (non-hydrogen) atoms. The van der Waals surface area contributed by atoms with E-state index in [9.17, 15) is 4.79 Å². The summed E-state index contributed by atoms with van der Waals surface area (Å²) in [5.41, 5.74) is 3.17. The Hall–Kier alpha value is -1.61. The van der Waals surface area contributed by atoms with Gasteiger partial charge in [-0.2, -0.15) is 5.10 Å². The Morgan fingerprint density at radius 1 is 1.30 bits per heavy atom. The number of rotatable bonds is 6. The number of halogens is 2. The Morgan fingerprint density at radius 2 is 2.04 bits per heavy atom. The summed E-state index contributed by atoms with van der Waals surface area (Å²) in [6.07, 6.45) is 1.52. The lowest BCUT2D eigenvalue weighted by atomic mass is 10.2. The maximum Gasteiger partial charge on any atom is 0.277 e. The highest BCUT2D eigenvalue weighted by molar-refractivity contribution is 14.1. The second-order valence-corrected chi connectivity index (χ2v) is 6.58. The van der Waals surface area contributed by atoms with Gasteiger partial charge < -0.3 is 9.47 Å². The van der Waals surface area contributed by atoms with Crippen LogP contribution in [0, 0.1) is 3.57 Å². The fourth-order valence-electron chi connectivity index (χ4n) is 1.69. The Kier molecular flexibility index (Phi) is 6.85. The fraction of sp³-hybridized carbons (Fsp3) is 0.125. The lowest BCUT2D eigenvalue weighted by Crippen LogP contribution is -2.24. The number of amides is 1. The molecule has 1 amide bonds. The normalized spacial score (nSPS) is 10.6. The van der Waals surface area contributed by atoms with E-state index in [1.165, 1.54) is 6.21 Å². The van der Waals surface area contributed by atoms with Crippen LogP contribution >= 0.6 is 38.5 Å². The van der Waals surface area contributed by atoms with Gasteiger partial charge in [0.1, 0.15) is 11.5 Å². The number of benzene rings is 2. The first-order valence-corrected chi connectivity index (χ1v) is 8.49. The summed E-state index contributed by atoms with van der Waals surface area (Å²) in [4.78, 5) is 11.7. The average Bonchev–Trinajstić information content (AvgIpc) is 2.54. The molecule has 0 atom stereocenters. The second kappa shape index (κ2) is 8.88. The number of methoxy groups -OCH3 is 1. The molecule has 0 heterocycles. The highest BCUT2D eigenvalue weighted by Crippen LogP contribution is 2.21. The van der Waals surface area contributed by atoms with Gasteiger partial charge in [-0.1, -0.05) is 15.9 Å². The number of hydrogen-bond acceptors (Lipinski definition) is 4. The van der Waals surface area contributed by atoms with Crippen LogP contribution in [0.2, 0.25) is 0 Å². The molecule has 0 unspecified atom stereocenters. The SMILES string of the molecule is COc1ccc(Br)cc1/C=N/NC(=O)COc1ccc(I)cc1. The molecular weight excluding hydrogens is 475 g/mol. The van der Waals surface area contributed by atoms with Gasteiger partial charge in [-0.05, 0) is 65.1 Å². The van der Waals surface area contributed by atoms with Gasteiger partial charge >= 0.3 is 0 Å². The summed E-state index contributed by atoms with van der Waals surface area (Å²) in [6.45, 7) is -0.104. The van der Waals surface area contributed by atoms with Crippen molar-refractivity contribution in [2.24, 2.45) is 5.10 Å². The van der Waals surface area contributed by atoms with E-state index < -0.39 is 0 Å². The number of carbonyl (C=O) groups is 1. The third-order valence-electron chi connectivity index (χ3n) is 2.77. The molecule has 0 saturated carbocycles. The fourth-order valence-corrected chi connectivity index (χ4v) is 2.43. The van der Waals surface area contributed by atoms with E-state index >= 15 is 0 Å². The van der Waals surface area contributed by atoms with Crippen molar-refractivity contribution in [1.29, 1.82) is 0 Å². The van der Waals surface area contributed by atoms with Gasteiger partial charge in [0.25, 0.3) is 5.91 Å². The number of nitrogens with one attached hydrogen (secondary N) is 1. The molecule has 1 N–H and O–H groups in total. The average molecular weight is 489 g/mol. The van der Waals surface area contributed by atoms with E-state index in [1.54, 1.807) is 7.11 Å². The van der Waals surface area contributed by atoms with Crippen LogP contribution in [0.15, 0.2) is 52.0 Å². The standard InChI is InChI=1S/C16H14BrIN2O3/c1-22-15-7-2-12(17)8-11(15)9-19-20-16(21)10-23-14-5-3-13(18)4-6-14/h2-9H,10H2,1H3,(H,20,21)/b19-9+. The summed E-state index contributed by atoms with van der Waals surface area (Å²) in [6, 6.07) is 13.0. The quantitative estimate of drug-likeness (QED) is 0.384. The molecule has 2 aromatic carbocycles. The van der Waals surface area contributed by atoms with Gasteiger partial charge in [-0.15, -0.1) is 0 Å². The van der Waals surface area contributed by atoms with Gasteiger partial charge in [0.2, 0.25) is 0 Å². The molecule has 0 spiro atoms. The topological polar surface area (TPSA) is 59.9 Å².